The van der Waals surface area contributed by atoms with E-state index in [1.54, 1.807) is 12.1 Å². The van der Waals surface area contributed by atoms with Gasteiger partial charge >= 0.3 is 0 Å². The number of nitrogens with zero attached hydrogens (tertiary/aromatic N) is 2. The predicted octanol–water partition coefficient (Wildman–Crippen LogP) is 2.71. The molecule has 1 N–H and O–H groups in total. The molecule has 1 fully saturated rings. The molecule has 1 heterocycles. The molecule has 114 valence electrons. The van der Waals surface area contributed by atoms with Crippen molar-refractivity contribution in [1.29, 1.82) is 0 Å². The molecule has 21 heavy (non-hydrogen) atoms. The average molecular weight is 291 g/mol. The molecule has 1 aromatic rings. The second-order valence-electron chi connectivity index (χ2n) is 6.50. The fourth-order valence-corrected chi connectivity index (χ4v) is 2.59. The molecule has 1 aliphatic heterocycles. The molecule has 0 radical (unpaired) electrons. The SMILES string of the molecule is Cc1ccc(NC2CC(=O)N(C(C)(C)C)C2)c([N+](=O)[O-])c1. The average Bonchev–Trinajstić information content (AvgIpc) is 2.72. The topological polar surface area (TPSA) is 75.5 Å². The van der Waals surface area contributed by atoms with Crippen LogP contribution in [0.2, 0.25) is 0 Å². The molecule has 0 aromatic heterocycles. The number of nitrogens with one attached hydrogen (secondary N) is 1. The summed E-state index contributed by atoms with van der Waals surface area (Å²) in [5.74, 6) is 0.0785. The van der Waals surface area contributed by atoms with Crippen LogP contribution in [0.15, 0.2) is 18.2 Å². The van der Waals surface area contributed by atoms with Crippen molar-refractivity contribution in [3.63, 3.8) is 0 Å². The monoisotopic (exact) mass is 291 g/mol. The van der Waals surface area contributed by atoms with Crippen LogP contribution in [-0.2, 0) is 4.79 Å². The standard InChI is InChI=1S/C15H21N3O3/c1-10-5-6-12(13(7-10)18(20)21)16-11-8-14(19)17(9-11)15(2,3)4/h5-7,11,16H,8-9H2,1-4H3. The van der Waals surface area contributed by atoms with E-state index in [0.717, 1.165) is 5.56 Å². The lowest BCUT2D eigenvalue weighted by Crippen LogP contribution is -2.43. The number of carbonyl (C=O) groups excluding carboxylic acids is 1. The van der Waals surface area contributed by atoms with Gasteiger partial charge in [0.15, 0.2) is 0 Å². The summed E-state index contributed by atoms with van der Waals surface area (Å²) in [6.07, 6.45) is 0.363. The molecule has 1 saturated heterocycles. The third-order valence-electron chi connectivity index (χ3n) is 3.64. The van der Waals surface area contributed by atoms with Gasteiger partial charge in [-0.25, -0.2) is 0 Å². The van der Waals surface area contributed by atoms with E-state index in [1.807, 2.05) is 38.7 Å². The van der Waals surface area contributed by atoms with Crippen LogP contribution >= 0.6 is 0 Å². The van der Waals surface area contributed by atoms with E-state index in [2.05, 4.69) is 5.32 Å². The Morgan fingerprint density at radius 3 is 2.57 bits per heavy atom. The summed E-state index contributed by atoms with van der Waals surface area (Å²) in [4.78, 5) is 24.6. The third-order valence-corrected chi connectivity index (χ3v) is 3.64. The Morgan fingerprint density at radius 2 is 2.05 bits per heavy atom. The Bertz CT molecular complexity index is 578. The zero-order valence-electron chi connectivity index (χ0n) is 12.8. The maximum atomic E-state index is 12.0. The highest BCUT2D eigenvalue weighted by Gasteiger charge is 2.36. The summed E-state index contributed by atoms with van der Waals surface area (Å²) in [6.45, 7) is 8.34. The van der Waals surface area contributed by atoms with E-state index in [0.29, 0.717) is 18.7 Å². The first-order valence-electron chi connectivity index (χ1n) is 7.00. The minimum absolute atomic E-state index is 0.0525. The van der Waals surface area contributed by atoms with Crippen molar-refractivity contribution in [3.05, 3.63) is 33.9 Å². The van der Waals surface area contributed by atoms with E-state index in [9.17, 15) is 14.9 Å². The lowest BCUT2D eigenvalue weighted by molar-refractivity contribution is -0.384. The molecule has 0 saturated carbocycles. The van der Waals surface area contributed by atoms with Gasteiger partial charge < -0.3 is 10.2 Å². The van der Waals surface area contributed by atoms with Crippen LogP contribution in [0.4, 0.5) is 11.4 Å². The number of hydrogen-bond acceptors (Lipinski definition) is 4. The number of carbonyl (C=O) groups is 1. The molecule has 0 spiro atoms. The number of benzene rings is 1. The summed E-state index contributed by atoms with van der Waals surface area (Å²) < 4.78 is 0. The van der Waals surface area contributed by atoms with Crippen molar-refractivity contribution in [2.45, 2.75) is 45.7 Å². The van der Waals surface area contributed by atoms with E-state index in [1.165, 1.54) is 0 Å². The maximum Gasteiger partial charge on any atom is 0.292 e. The second-order valence-corrected chi connectivity index (χ2v) is 6.50. The zero-order chi connectivity index (χ0) is 15.8. The number of anilines is 1. The zero-order valence-corrected chi connectivity index (χ0v) is 12.8. The number of nitro groups is 1. The molecular weight excluding hydrogens is 270 g/mol. The van der Waals surface area contributed by atoms with Gasteiger partial charge in [0.05, 0.1) is 11.0 Å². The second kappa shape index (κ2) is 5.35. The highest BCUT2D eigenvalue weighted by Crippen LogP contribution is 2.29. The van der Waals surface area contributed by atoms with E-state index in [-0.39, 0.29) is 23.2 Å². The van der Waals surface area contributed by atoms with Crippen molar-refractivity contribution in [2.24, 2.45) is 0 Å². The first kappa shape index (κ1) is 15.3. The van der Waals surface area contributed by atoms with Crippen LogP contribution in [-0.4, -0.2) is 33.9 Å². The fourth-order valence-electron chi connectivity index (χ4n) is 2.59. The van der Waals surface area contributed by atoms with Crippen LogP contribution in [0.1, 0.15) is 32.8 Å². The van der Waals surface area contributed by atoms with Gasteiger partial charge in [0.2, 0.25) is 5.91 Å². The molecule has 6 heteroatoms. The molecule has 1 amide bonds. The van der Waals surface area contributed by atoms with E-state index >= 15 is 0 Å². The van der Waals surface area contributed by atoms with Crippen LogP contribution in [0.5, 0.6) is 0 Å². The van der Waals surface area contributed by atoms with Gasteiger partial charge in [-0.1, -0.05) is 6.07 Å². The van der Waals surface area contributed by atoms with Gasteiger partial charge in [0.1, 0.15) is 5.69 Å². The lowest BCUT2D eigenvalue weighted by atomic mass is 10.1. The van der Waals surface area contributed by atoms with Gasteiger partial charge in [0.25, 0.3) is 5.69 Å². The minimum atomic E-state index is -0.395. The molecule has 1 aliphatic rings. The minimum Gasteiger partial charge on any atom is -0.374 e. The van der Waals surface area contributed by atoms with Crippen LogP contribution < -0.4 is 5.32 Å². The third kappa shape index (κ3) is 3.32. The summed E-state index contributed by atoms with van der Waals surface area (Å²) in [5.41, 5.74) is 1.13. The summed E-state index contributed by atoms with van der Waals surface area (Å²) in [6, 6.07) is 4.98. The molecule has 2 rings (SSSR count). The van der Waals surface area contributed by atoms with E-state index in [4.69, 9.17) is 0 Å². The van der Waals surface area contributed by atoms with Gasteiger partial charge in [-0.3, -0.25) is 14.9 Å². The molecule has 0 bridgehead atoms. The Kier molecular flexibility index (Phi) is 3.89. The Morgan fingerprint density at radius 1 is 1.38 bits per heavy atom. The molecule has 1 aromatic carbocycles. The summed E-state index contributed by atoms with van der Waals surface area (Å²) in [7, 11) is 0. The largest absolute Gasteiger partial charge is 0.374 e. The quantitative estimate of drug-likeness (QED) is 0.686. The van der Waals surface area contributed by atoms with Gasteiger partial charge in [-0.2, -0.15) is 0 Å². The normalized spacial score (nSPS) is 19.0. The van der Waals surface area contributed by atoms with E-state index < -0.39 is 4.92 Å². The smallest absolute Gasteiger partial charge is 0.292 e. The summed E-state index contributed by atoms with van der Waals surface area (Å²) in [5, 5.41) is 14.3. The van der Waals surface area contributed by atoms with Crippen molar-refractivity contribution in [1.82, 2.24) is 4.90 Å². The first-order chi connectivity index (χ1) is 9.68. The van der Waals surface area contributed by atoms with Crippen molar-refractivity contribution < 1.29 is 9.72 Å². The molecule has 6 nitrogen and oxygen atoms in total. The number of amides is 1. The molecular formula is C15H21N3O3. The Labute approximate surface area is 124 Å². The van der Waals surface area contributed by atoms with Gasteiger partial charge in [0, 0.05) is 24.6 Å². The van der Waals surface area contributed by atoms with Crippen molar-refractivity contribution >= 4 is 17.3 Å². The number of aryl methyl sites for hydroxylation is 1. The van der Waals surface area contributed by atoms with Crippen LogP contribution in [0, 0.1) is 17.0 Å². The molecule has 1 atom stereocenters. The van der Waals surface area contributed by atoms with Gasteiger partial charge in [-0.05, 0) is 39.3 Å². The van der Waals surface area contributed by atoms with Crippen molar-refractivity contribution in [2.75, 3.05) is 11.9 Å². The van der Waals surface area contributed by atoms with Gasteiger partial charge in [-0.15, -0.1) is 0 Å². The number of nitro benzene ring substituents is 1. The molecule has 0 aliphatic carbocycles. The predicted molar refractivity (Wildman–Crippen MR) is 81.3 cm³/mol. The van der Waals surface area contributed by atoms with Crippen LogP contribution in [0.25, 0.3) is 0 Å². The lowest BCUT2D eigenvalue weighted by Gasteiger charge is -2.32. The maximum absolute atomic E-state index is 12.0. The first-order valence-corrected chi connectivity index (χ1v) is 7.00. The highest BCUT2D eigenvalue weighted by atomic mass is 16.6. The van der Waals surface area contributed by atoms with Crippen LogP contribution in [0.3, 0.4) is 0 Å². The number of likely N-dealkylation sites (tertiary alicyclic amines) is 1. The fraction of sp³-hybridized carbons (Fsp3) is 0.533. The summed E-state index contributed by atoms with van der Waals surface area (Å²) >= 11 is 0. The van der Waals surface area contributed by atoms with Crippen molar-refractivity contribution in [3.8, 4) is 0 Å². The Balaban J connectivity index is 2.17. The highest BCUT2D eigenvalue weighted by molar-refractivity contribution is 5.81. The number of hydrogen-bond donors (Lipinski definition) is 1. The molecule has 1 unspecified atom stereocenters. The Hall–Kier alpha value is -2.11. The number of rotatable bonds is 3.